The van der Waals surface area contributed by atoms with Gasteiger partial charge in [0.05, 0.1) is 22.6 Å². The Morgan fingerprint density at radius 2 is 1.09 bits per heavy atom. The highest BCUT2D eigenvalue weighted by Gasteiger charge is 2.25. The maximum Gasteiger partial charge on any atom is 0.238 e. The number of para-hydroxylation sites is 1. The molecule has 2 aliphatic rings. The molecule has 0 aliphatic heterocycles. The highest BCUT2D eigenvalue weighted by atomic mass is 15.2. The summed E-state index contributed by atoms with van der Waals surface area (Å²) in [5.41, 5.74) is 9.89. The SMILES string of the molecule is CC1C=c2c(n(C3C=CC=CC3)c3c2ccc2c4ccccc4n(-c4nc(-c5ccc(-c6ccccc6)cc5)nc(-c5ccc(-c6ccccc6)cc5)n4)c23)=CC1. The third-order valence-electron chi connectivity index (χ3n) is 11.6. The zero-order valence-electron chi connectivity index (χ0n) is 31.6. The lowest BCUT2D eigenvalue weighted by atomic mass is 10.0. The lowest BCUT2D eigenvalue weighted by molar-refractivity contribution is 0.610. The topological polar surface area (TPSA) is 48.5 Å². The van der Waals surface area contributed by atoms with E-state index >= 15 is 0 Å². The fourth-order valence-electron chi connectivity index (χ4n) is 8.84. The van der Waals surface area contributed by atoms with Crippen molar-refractivity contribution in [3.8, 4) is 51.0 Å². The van der Waals surface area contributed by atoms with E-state index in [0.717, 1.165) is 46.1 Å². The molecule has 2 unspecified atom stereocenters. The summed E-state index contributed by atoms with van der Waals surface area (Å²) < 4.78 is 4.88. The van der Waals surface area contributed by atoms with Gasteiger partial charge in [0.2, 0.25) is 5.95 Å². The monoisotopic (exact) mass is 733 g/mol. The molecule has 2 atom stereocenters. The predicted octanol–water partition coefficient (Wildman–Crippen LogP) is 11.2. The summed E-state index contributed by atoms with van der Waals surface area (Å²) in [4.78, 5) is 15.9. The predicted molar refractivity (Wildman–Crippen MR) is 235 cm³/mol. The van der Waals surface area contributed by atoms with Gasteiger partial charge in [0.1, 0.15) is 0 Å². The fraction of sp³-hybridized carbons (Fsp3) is 0.0962. The van der Waals surface area contributed by atoms with E-state index in [1.54, 1.807) is 0 Å². The van der Waals surface area contributed by atoms with E-state index in [9.17, 15) is 0 Å². The third-order valence-corrected chi connectivity index (χ3v) is 11.6. The smallest absolute Gasteiger partial charge is 0.238 e. The number of rotatable bonds is 6. The second-order valence-electron chi connectivity index (χ2n) is 15.2. The average molecular weight is 734 g/mol. The van der Waals surface area contributed by atoms with Crippen LogP contribution in [0.4, 0.5) is 0 Å². The summed E-state index contributed by atoms with van der Waals surface area (Å²) >= 11 is 0. The minimum absolute atomic E-state index is 0.187. The lowest BCUT2D eigenvalue weighted by Gasteiger charge is -2.19. The molecule has 0 spiro atoms. The van der Waals surface area contributed by atoms with Crippen molar-refractivity contribution >= 4 is 44.9 Å². The number of hydrogen-bond donors (Lipinski definition) is 0. The number of nitrogens with zero attached hydrogens (tertiary/aromatic N) is 5. The Balaban J connectivity index is 1.19. The van der Waals surface area contributed by atoms with E-state index in [0.29, 0.717) is 23.5 Å². The van der Waals surface area contributed by atoms with Crippen molar-refractivity contribution in [2.75, 3.05) is 0 Å². The van der Waals surface area contributed by atoms with Crippen LogP contribution in [0.15, 0.2) is 170 Å². The molecule has 0 N–H and O–H groups in total. The fourth-order valence-corrected chi connectivity index (χ4v) is 8.84. The summed E-state index contributed by atoms with van der Waals surface area (Å²) in [6.07, 6.45) is 15.8. The third kappa shape index (κ3) is 5.65. The van der Waals surface area contributed by atoms with Gasteiger partial charge in [-0.2, -0.15) is 9.97 Å². The molecular formula is C52H39N5. The van der Waals surface area contributed by atoms with Crippen LogP contribution in [0.2, 0.25) is 0 Å². The van der Waals surface area contributed by atoms with Crippen LogP contribution >= 0.6 is 0 Å². The molecule has 0 fully saturated rings. The first-order valence-electron chi connectivity index (χ1n) is 19.9. The van der Waals surface area contributed by atoms with Crippen molar-refractivity contribution in [3.05, 3.63) is 180 Å². The molecule has 3 heterocycles. The highest BCUT2D eigenvalue weighted by molar-refractivity contribution is 6.18. The van der Waals surface area contributed by atoms with Crippen molar-refractivity contribution in [2.45, 2.75) is 25.8 Å². The summed E-state index contributed by atoms with van der Waals surface area (Å²) in [6.45, 7) is 2.31. The van der Waals surface area contributed by atoms with Gasteiger partial charge in [-0.3, -0.25) is 4.57 Å². The molecule has 0 amide bonds. The quantitative estimate of drug-likeness (QED) is 0.171. The van der Waals surface area contributed by atoms with Gasteiger partial charge in [-0.25, -0.2) is 4.98 Å². The first-order valence-corrected chi connectivity index (χ1v) is 19.9. The van der Waals surface area contributed by atoms with E-state index in [-0.39, 0.29) is 6.04 Å². The first-order chi connectivity index (χ1) is 28.2. The number of benzene rings is 6. The van der Waals surface area contributed by atoms with E-state index in [2.05, 4.69) is 186 Å². The standard InChI is InChI=1S/C52H39N5/c1-34-21-32-47-45(33-34)44-31-30-43-42-19-11-12-20-46(42)57(49(43)48(44)56(47)41-17-9-4-10-18-41)52-54-50(39-26-22-37(23-27-39)35-13-5-2-6-14-35)53-51(55-52)40-28-24-38(25-29-40)36-15-7-3-8-16-36/h2-17,19-20,22-34,41H,18,21H2,1H3. The molecule has 57 heavy (non-hydrogen) atoms. The van der Waals surface area contributed by atoms with Crippen molar-refractivity contribution in [1.82, 2.24) is 24.1 Å². The van der Waals surface area contributed by atoms with Crippen LogP contribution in [0, 0.1) is 5.92 Å². The molecule has 2 aliphatic carbocycles. The van der Waals surface area contributed by atoms with Crippen LogP contribution in [0.3, 0.4) is 0 Å². The van der Waals surface area contributed by atoms with Gasteiger partial charge < -0.3 is 4.57 Å². The molecule has 0 bridgehead atoms. The molecule has 272 valence electrons. The normalized spacial score (nSPS) is 16.2. The van der Waals surface area contributed by atoms with Gasteiger partial charge in [-0.15, -0.1) is 0 Å². The number of allylic oxidation sites excluding steroid dienone is 4. The van der Waals surface area contributed by atoms with E-state index in [4.69, 9.17) is 15.0 Å². The Hall–Kier alpha value is -7.11. The maximum absolute atomic E-state index is 5.37. The van der Waals surface area contributed by atoms with Crippen LogP contribution in [-0.2, 0) is 0 Å². The average Bonchev–Trinajstić information content (AvgIpc) is 3.80. The van der Waals surface area contributed by atoms with Crippen LogP contribution in [0.25, 0.3) is 95.8 Å². The van der Waals surface area contributed by atoms with E-state index in [1.807, 2.05) is 12.1 Å². The molecular weight excluding hydrogens is 695 g/mol. The van der Waals surface area contributed by atoms with Gasteiger partial charge in [0, 0.05) is 37.9 Å². The highest BCUT2D eigenvalue weighted by Crippen LogP contribution is 2.38. The maximum atomic E-state index is 5.37. The Morgan fingerprint density at radius 3 is 1.72 bits per heavy atom. The zero-order chi connectivity index (χ0) is 37.9. The lowest BCUT2D eigenvalue weighted by Crippen LogP contribution is -2.34. The molecule has 0 radical (unpaired) electrons. The molecule has 9 aromatic rings. The van der Waals surface area contributed by atoms with Crippen molar-refractivity contribution < 1.29 is 0 Å². The molecule has 11 rings (SSSR count). The zero-order valence-corrected chi connectivity index (χ0v) is 31.6. The minimum atomic E-state index is 0.187. The minimum Gasteiger partial charge on any atom is -0.332 e. The summed E-state index contributed by atoms with van der Waals surface area (Å²) in [7, 11) is 0. The summed E-state index contributed by atoms with van der Waals surface area (Å²) in [5, 5.41) is 6.23. The van der Waals surface area contributed by atoms with Crippen molar-refractivity contribution in [3.63, 3.8) is 0 Å². The van der Waals surface area contributed by atoms with Gasteiger partial charge in [-0.05, 0) is 47.1 Å². The van der Waals surface area contributed by atoms with Gasteiger partial charge in [-0.1, -0.05) is 183 Å². The van der Waals surface area contributed by atoms with Crippen molar-refractivity contribution in [1.29, 1.82) is 0 Å². The molecule has 0 saturated carbocycles. The Morgan fingerprint density at radius 1 is 0.509 bits per heavy atom. The number of fused-ring (bicyclic) bond motifs is 7. The molecule has 3 aromatic heterocycles. The van der Waals surface area contributed by atoms with E-state index in [1.165, 1.54) is 43.4 Å². The first kappa shape index (κ1) is 33.2. The van der Waals surface area contributed by atoms with Crippen LogP contribution < -0.4 is 10.6 Å². The summed E-state index contributed by atoms with van der Waals surface area (Å²) in [6, 6.07) is 51.6. The van der Waals surface area contributed by atoms with Gasteiger partial charge >= 0.3 is 0 Å². The largest absolute Gasteiger partial charge is 0.332 e. The Kier molecular flexibility index (Phi) is 7.92. The summed E-state index contributed by atoms with van der Waals surface area (Å²) in [5.74, 6) is 2.32. The Bertz CT molecular complexity index is 3070. The van der Waals surface area contributed by atoms with Crippen LogP contribution in [0.5, 0.6) is 0 Å². The van der Waals surface area contributed by atoms with Crippen LogP contribution in [0.1, 0.15) is 25.8 Å². The number of aromatic nitrogens is 5. The molecule has 6 aromatic carbocycles. The van der Waals surface area contributed by atoms with Gasteiger partial charge in [0.15, 0.2) is 11.6 Å². The second kappa shape index (κ2) is 13.6. The van der Waals surface area contributed by atoms with E-state index < -0.39 is 0 Å². The second-order valence-corrected chi connectivity index (χ2v) is 15.2. The molecule has 0 saturated heterocycles. The molecule has 5 nitrogen and oxygen atoms in total. The Labute approximate surface area is 331 Å². The van der Waals surface area contributed by atoms with Crippen LogP contribution in [-0.4, -0.2) is 24.1 Å². The molecule has 5 heteroatoms. The van der Waals surface area contributed by atoms with Crippen molar-refractivity contribution in [2.24, 2.45) is 5.92 Å². The number of hydrogen-bond acceptors (Lipinski definition) is 3. The van der Waals surface area contributed by atoms with Gasteiger partial charge in [0.25, 0.3) is 0 Å².